The van der Waals surface area contributed by atoms with Crippen molar-refractivity contribution in [2.45, 2.75) is 31.9 Å². The molecule has 24 heavy (non-hydrogen) atoms. The van der Waals surface area contributed by atoms with Gasteiger partial charge in [0.15, 0.2) is 0 Å². The van der Waals surface area contributed by atoms with Gasteiger partial charge in [0.05, 0.1) is 0 Å². The lowest BCUT2D eigenvalue weighted by atomic mass is 10.1. The highest BCUT2D eigenvalue weighted by atomic mass is 19.4. The molecule has 0 spiro atoms. The van der Waals surface area contributed by atoms with Crippen molar-refractivity contribution in [1.29, 1.82) is 0 Å². The van der Waals surface area contributed by atoms with E-state index in [4.69, 9.17) is 5.73 Å². The van der Waals surface area contributed by atoms with Crippen LogP contribution >= 0.6 is 0 Å². The summed E-state index contributed by atoms with van der Waals surface area (Å²) in [5.41, 5.74) is 8.40. The largest absolute Gasteiger partial charge is 0.399 e. The summed E-state index contributed by atoms with van der Waals surface area (Å²) < 4.78 is 36.8. The van der Waals surface area contributed by atoms with Crippen LogP contribution in [0, 0.1) is 0 Å². The molecule has 0 saturated carbocycles. The van der Waals surface area contributed by atoms with Gasteiger partial charge in [-0.15, -0.1) is 0 Å². The second-order valence-corrected chi connectivity index (χ2v) is 5.56. The van der Waals surface area contributed by atoms with Crippen molar-refractivity contribution in [3.05, 3.63) is 59.7 Å². The van der Waals surface area contributed by atoms with Crippen LogP contribution in [0.3, 0.4) is 0 Å². The Kier molecular flexibility index (Phi) is 5.84. The molecule has 0 aromatic heterocycles. The van der Waals surface area contributed by atoms with E-state index in [1.807, 2.05) is 18.2 Å². The molecule has 0 aliphatic carbocycles. The van der Waals surface area contributed by atoms with Gasteiger partial charge in [-0.2, -0.15) is 13.2 Å². The highest BCUT2D eigenvalue weighted by Gasteiger charge is 2.26. The Balaban J connectivity index is 1.88. The predicted octanol–water partition coefficient (Wildman–Crippen LogP) is 4.34. The topological polar surface area (TPSA) is 55.1 Å². The Morgan fingerprint density at radius 2 is 1.79 bits per heavy atom. The monoisotopic (exact) mass is 336 g/mol. The molecule has 3 nitrogen and oxygen atoms in total. The molecule has 0 fully saturated rings. The van der Waals surface area contributed by atoms with Gasteiger partial charge < -0.3 is 11.1 Å². The van der Waals surface area contributed by atoms with E-state index < -0.39 is 12.6 Å². The molecule has 1 amide bonds. The smallest absolute Gasteiger partial charge is 0.389 e. The zero-order chi connectivity index (χ0) is 17.6. The van der Waals surface area contributed by atoms with Crippen LogP contribution in [0.25, 0.3) is 0 Å². The molecule has 0 heterocycles. The molecule has 0 bridgehead atoms. The van der Waals surface area contributed by atoms with E-state index in [0.29, 0.717) is 23.4 Å². The first-order valence-corrected chi connectivity index (χ1v) is 7.62. The van der Waals surface area contributed by atoms with Crippen molar-refractivity contribution in [3.63, 3.8) is 0 Å². The zero-order valence-electron chi connectivity index (χ0n) is 13.1. The Hall–Kier alpha value is -2.50. The molecular formula is C18H19F3N2O. The fraction of sp³-hybridized carbons (Fsp3) is 0.278. The van der Waals surface area contributed by atoms with Crippen molar-refractivity contribution in [2.24, 2.45) is 0 Å². The van der Waals surface area contributed by atoms with Gasteiger partial charge in [0.2, 0.25) is 5.91 Å². The van der Waals surface area contributed by atoms with E-state index in [2.05, 4.69) is 5.32 Å². The number of aryl methyl sites for hydroxylation is 2. The van der Waals surface area contributed by atoms with E-state index in [1.165, 1.54) is 0 Å². The second-order valence-electron chi connectivity index (χ2n) is 5.56. The van der Waals surface area contributed by atoms with Crippen molar-refractivity contribution < 1.29 is 18.0 Å². The van der Waals surface area contributed by atoms with Crippen molar-refractivity contribution in [3.8, 4) is 0 Å². The van der Waals surface area contributed by atoms with E-state index in [-0.39, 0.29) is 18.7 Å². The number of nitrogen functional groups attached to an aromatic ring is 1. The molecule has 0 atom stereocenters. The molecule has 2 rings (SSSR count). The van der Waals surface area contributed by atoms with Crippen molar-refractivity contribution in [2.75, 3.05) is 11.1 Å². The molecule has 6 heteroatoms. The van der Waals surface area contributed by atoms with Gasteiger partial charge >= 0.3 is 6.18 Å². The first-order valence-electron chi connectivity index (χ1n) is 7.62. The molecule has 0 aliphatic rings. The van der Waals surface area contributed by atoms with Crippen LogP contribution in [0.1, 0.15) is 24.0 Å². The van der Waals surface area contributed by atoms with Crippen molar-refractivity contribution in [1.82, 2.24) is 0 Å². The fourth-order valence-corrected chi connectivity index (χ4v) is 2.32. The maximum Gasteiger partial charge on any atom is 0.389 e. The van der Waals surface area contributed by atoms with Crippen LogP contribution in [-0.4, -0.2) is 12.1 Å². The van der Waals surface area contributed by atoms with E-state index >= 15 is 0 Å². The standard InChI is InChI=1S/C18H19F3N2O/c19-18(20,21)11-10-13-4-3-6-15(12-13)23-17(24)9-8-14-5-1-2-7-16(14)22/h1-7,12H,8-11,22H2,(H,23,24). The van der Waals surface area contributed by atoms with Crippen LogP contribution in [0.5, 0.6) is 0 Å². The normalized spacial score (nSPS) is 11.3. The summed E-state index contributed by atoms with van der Waals surface area (Å²) in [6, 6.07) is 13.8. The lowest BCUT2D eigenvalue weighted by molar-refractivity contribution is -0.134. The minimum atomic E-state index is -4.19. The Morgan fingerprint density at radius 3 is 2.50 bits per heavy atom. The molecular weight excluding hydrogens is 317 g/mol. The molecule has 0 unspecified atom stereocenters. The van der Waals surface area contributed by atoms with E-state index in [9.17, 15) is 18.0 Å². The SMILES string of the molecule is Nc1ccccc1CCC(=O)Nc1cccc(CCC(F)(F)F)c1. The zero-order valence-corrected chi connectivity index (χ0v) is 13.1. The Morgan fingerprint density at radius 1 is 1.04 bits per heavy atom. The number of hydrogen-bond acceptors (Lipinski definition) is 2. The molecule has 0 radical (unpaired) electrons. The third-order valence-electron chi connectivity index (χ3n) is 3.58. The number of benzene rings is 2. The number of hydrogen-bond donors (Lipinski definition) is 2. The Labute approximate surface area is 138 Å². The summed E-state index contributed by atoms with van der Waals surface area (Å²) in [6.07, 6.45) is -4.41. The number of carbonyl (C=O) groups excluding carboxylic acids is 1. The minimum absolute atomic E-state index is 0.103. The number of amides is 1. The van der Waals surface area contributed by atoms with Gasteiger partial charge in [0, 0.05) is 24.2 Å². The van der Waals surface area contributed by atoms with Crippen LogP contribution < -0.4 is 11.1 Å². The van der Waals surface area contributed by atoms with Gasteiger partial charge in [0.25, 0.3) is 0 Å². The number of nitrogens with two attached hydrogens (primary N) is 1. The summed E-state index contributed by atoms with van der Waals surface area (Å²) in [4.78, 5) is 12.0. The van der Waals surface area contributed by atoms with Gasteiger partial charge in [-0.25, -0.2) is 0 Å². The van der Waals surface area contributed by atoms with Crippen LogP contribution in [0.4, 0.5) is 24.5 Å². The maximum atomic E-state index is 12.3. The van der Waals surface area contributed by atoms with Gasteiger partial charge in [-0.3, -0.25) is 4.79 Å². The van der Waals surface area contributed by atoms with Crippen LogP contribution in [0.15, 0.2) is 48.5 Å². The van der Waals surface area contributed by atoms with Gasteiger partial charge in [-0.05, 0) is 42.2 Å². The maximum absolute atomic E-state index is 12.3. The average molecular weight is 336 g/mol. The minimum Gasteiger partial charge on any atom is -0.399 e. The fourth-order valence-electron chi connectivity index (χ4n) is 2.32. The predicted molar refractivity (Wildman–Crippen MR) is 88.6 cm³/mol. The quantitative estimate of drug-likeness (QED) is 0.771. The summed E-state index contributed by atoms with van der Waals surface area (Å²) in [6.45, 7) is 0. The number of anilines is 2. The average Bonchev–Trinajstić information content (AvgIpc) is 2.52. The number of alkyl halides is 3. The summed E-state index contributed by atoms with van der Waals surface area (Å²) in [5, 5.41) is 2.71. The molecule has 2 aromatic carbocycles. The van der Waals surface area contributed by atoms with Gasteiger partial charge in [0.1, 0.15) is 0 Å². The highest BCUT2D eigenvalue weighted by molar-refractivity contribution is 5.91. The molecule has 3 N–H and O–H groups in total. The number of rotatable bonds is 6. The summed E-state index contributed by atoms with van der Waals surface area (Å²) in [5.74, 6) is -0.203. The van der Waals surface area contributed by atoms with Crippen molar-refractivity contribution >= 4 is 17.3 Å². The molecule has 0 aliphatic heterocycles. The summed E-state index contributed by atoms with van der Waals surface area (Å²) >= 11 is 0. The second kappa shape index (κ2) is 7.86. The number of carbonyl (C=O) groups is 1. The third-order valence-corrected chi connectivity index (χ3v) is 3.58. The molecule has 0 saturated heterocycles. The Bertz CT molecular complexity index is 699. The van der Waals surface area contributed by atoms with E-state index in [0.717, 1.165) is 5.56 Å². The third kappa shape index (κ3) is 5.95. The number of nitrogens with one attached hydrogen (secondary N) is 1. The molecule has 2 aromatic rings. The lowest BCUT2D eigenvalue weighted by Gasteiger charge is -2.09. The molecule has 128 valence electrons. The first-order chi connectivity index (χ1) is 11.3. The number of para-hydroxylation sites is 1. The summed E-state index contributed by atoms with van der Waals surface area (Å²) in [7, 11) is 0. The van der Waals surface area contributed by atoms with Crippen LogP contribution in [0.2, 0.25) is 0 Å². The van der Waals surface area contributed by atoms with Gasteiger partial charge in [-0.1, -0.05) is 30.3 Å². The highest BCUT2D eigenvalue weighted by Crippen LogP contribution is 2.23. The van der Waals surface area contributed by atoms with Crippen LogP contribution in [-0.2, 0) is 17.6 Å². The first kappa shape index (κ1) is 17.8. The number of halogens is 3. The lowest BCUT2D eigenvalue weighted by Crippen LogP contribution is -2.13. The van der Waals surface area contributed by atoms with E-state index in [1.54, 1.807) is 30.3 Å².